The fourth-order valence-corrected chi connectivity index (χ4v) is 4.56. The number of carbonyl (C=O) groups excluding carboxylic acids is 1. The number of nitrogens with one attached hydrogen (secondary N) is 1. The van der Waals surface area contributed by atoms with E-state index in [2.05, 4.69) is 15.3 Å². The normalized spacial score (nSPS) is 18.7. The SMILES string of the molecule is Cc1cc(C(=O)Nc2ccccc2)nc(N(C)C2CCS(=O)(=O)C2)n1. The van der Waals surface area contributed by atoms with Crippen molar-refractivity contribution in [2.75, 3.05) is 28.8 Å². The number of benzene rings is 1. The molecule has 0 radical (unpaired) electrons. The lowest BCUT2D eigenvalue weighted by atomic mass is 10.2. The van der Waals surface area contributed by atoms with Crippen LogP contribution in [0, 0.1) is 6.92 Å². The standard InChI is InChI=1S/C17H20N4O3S/c1-12-10-15(16(22)19-13-6-4-3-5-7-13)20-17(18-12)21(2)14-8-9-25(23,24)11-14/h3-7,10,14H,8-9,11H2,1-2H3,(H,19,22). The van der Waals surface area contributed by atoms with Crippen molar-refractivity contribution >= 4 is 27.4 Å². The summed E-state index contributed by atoms with van der Waals surface area (Å²) in [5, 5.41) is 2.79. The quantitative estimate of drug-likeness (QED) is 0.891. The number of amides is 1. The van der Waals surface area contributed by atoms with Gasteiger partial charge in [-0.3, -0.25) is 4.79 Å². The van der Waals surface area contributed by atoms with Crippen LogP contribution in [-0.2, 0) is 9.84 Å². The lowest BCUT2D eigenvalue weighted by Crippen LogP contribution is -2.34. The summed E-state index contributed by atoms with van der Waals surface area (Å²) in [6.45, 7) is 1.78. The molecule has 1 aromatic carbocycles. The van der Waals surface area contributed by atoms with Crippen LogP contribution in [0.3, 0.4) is 0 Å². The van der Waals surface area contributed by atoms with Crippen LogP contribution in [0.4, 0.5) is 11.6 Å². The van der Waals surface area contributed by atoms with E-state index in [9.17, 15) is 13.2 Å². The van der Waals surface area contributed by atoms with Gasteiger partial charge in [-0.1, -0.05) is 18.2 Å². The van der Waals surface area contributed by atoms with Gasteiger partial charge >= 0.3 is 0 Å². The number of aromatic nitrogens is 2. The molecule has 0 aliphatic carbocycles. The summed E-state index contributed by atoms with van der Waals surface area (Å²) in [5.41, 5.74) is 1.58. The van der Waals surface area contributed by atoms with E-state index in [1.54, 1.807) is 37.1 Å². The van der Waals surface area contributed by atoms with Crippen molar-refractivity contribution in [3.05, 3.63) is 47.8 Å². The number of rotatable bonds is 4. The van der Waals surface area contributed by atoms with Crippen molar-refractivity contribution in [1.29, 1.82) is 0 Å². The van der Waals surface area contributed by atoms with E-state index in [-0.39, 0.29) is 29.1 Å². The second-order valence-corrected chi connectivity index (χ2v) is 8.41. The van der Waals surface area contributed by atoms with Gasteiger partial charge in [0.2, 0.25) is 5.95 Å². The first kappa shape index (κ1) is 17.3. The van der Waals surface area contributed by atoms with Crippen molar-refractivity contribution in [1.82, 2.24) is 9.97 Å². The summed E-state index contributed by atoms with van der Waals surface area (Å²) in [6, 6.07) is 10.6. The third kappa shape index (κ3) is 4.14. The largest absolute Gasteiger partial charge is 0.340 e. The molecule has 0 bridgehead atoms. The molecule has 1 aliphatic heterocycles. The zero-order valence-electron chi connectivity index (χ0n) is 14.1. The minimum Gasteiger partial charge on any atom is -0.340 e. The lowest BCUT2D eigenvalue weighted by molar-refractivity contribution is 0.102. The van der Waals surface area contributed by atoms with Crippen molar-refractivity contribution in [2.45, 2.75) is 19.4 Å². The molecule has 1 aliphatic rings. The molecule has 1 saturated heterocycles. The lowest BCUT2D eigenvalue weighted by Gasteiger charge is -2.23. The molecule has 2 heterocycles. The number of sulfone groups is 1. The van der Waals surface area contributed by atoms with E-state index in [1.807, 2.05) is 18.2 Å². The summed E-state index contributed by atoms with van der Waals surface area (Å²) >= 11 is 0. The Labute approximate surface area is 147 Å². The van der Waals surface area contributed by atoms with E-state index in [1.165, 1.54) is 0 Å². The maximum absolute atomic E-state index is 12.4. The Kier molecular flexibility index (Phi) is 4.71. The van der Waals surface area contributed by atoms with Gasteiger partial charge in [0, 0.05) is 24.5 Å². The van der Waals surface area contributed by atoms with Crippen molar-refractivity contribution in [3.8, 4) is 0 Å². The Morgan fingerprint density at radius 2 is 1.96 bits per heavy atom. The van der Waals surface area contributed by atoms with Crippen LogP contribution < -0.4 is 10.2 Å². The molecule has 1 fully saturated rings. The predicted molar refractivity (Wildman–Crippen MR) is 96.6 cm³/mol. The fourth-order valence-electron chi connectivity index (χ4n) is 2.79. The van der Waals surface area contributed by atoms with Crippen LogP contribution in [0.25, 0.3) is 0 Å². The Morgan fingerprint density at radius 1 is 1.24 bits per heavy atom. The molecule has 3 rings (SSSR count). The highest BCUT2D eigenvalue weighted by molar-refractivity contribution is 7.91. The van der Waals surface area contributed by atoms with Gasteiger partial charge < -0.3 is 10.2 Å². The topological polar surface area (TPSA) is 92.3 Å². The average Bonchev–Trinajstić information content (AvgIpc) is 2.94. The Hall–Kier alpha value is -2.48. The summed E-state index contributed by atoms with van der Waals surface area (Å²) in [4.78, 5) is 22.9. The average molecular weight is 360 g/mol. The zero-order valence-corrected chi connectivity index (χ0v) is 15.0. The van der Waals surface area contributed by atoms with Gasteiger partial charge in [0.15, 0.2) is 9.84 Å². The van der Waals surface area contributed by atoms with Crippen LogP contribution in [0.5, 0.6) is 0 Å². The summed E-state index contributed by atoms with van der Waals surface area (Å²) < 4.78 is 23.4. The Balaban J connectivity index is 1.82. The van der Waals surface area contributed by atoms with Crippen LogP contribution >= 0.6 is 0 Å². The maximum atomic E-state index is 12.4. The van der Waals surface area contributed by atoms with Crippen molar-refractivity contribution in [3.63, 3.8) is 0 Å². The molecule has 25 heavy (non-hydrogen) atoms. The first-order valence-electron chi connectivity index (χ1n) is 7.99. The summed E-state index contributed by atoms with van der Waals surface area (Å²) in [5.74, 6) is 0.298. The number of carbonyl (C=O) groups is 1. The first-order valence-corrected chi connectivity index (χ1v) is 9.81. The van der Waals surface area contributed by atoms with Crippen LogP contribution in [-0.4, -0.2) is 48.9 Å². The van der Waals surface area contributed by atoms with Gasteiger partial charge in [-0.25, -0.2) is 18.4 Å². The molecule has 132 valence electrons. The predicted octanol–water partition coefficient (Wildman–Crippen LogP) is 1.66. The molecule has 7 nitrogen and oxygen atoms in total. The molecule has 0 saturated carbocycles. The van der Waals surface area contributed by atoms with Crippen LogP contribution in [0.2, 0.25) is 0 Å². The van der Waals surface area contributed by atoms with E-state index in [4.69, 9.17) is 0 Å². The van der Waals surface area contributed by atoms with Gasteiger partial charge in [0.05, 0.1) is 11.5 Å². The molecule has 1 amide bonds. The molecule has 1 atom stereocenters. The number of anilines is 2. The Morgan fingerprint density at radius 3 is 2.60 bits per heavy atom. The minimum atomic E-state index is -3.00. The van der Waals surface area contributed by atoms with Crippen molar-refractivity contribution < 1.29 is 13.2 Å². The third-order valence-electron chi connectivity index (χ3n) is 4.18. The zero-order chi connectivity index (χ0) is 18.0. The molecule has 1 unspecified atom stereocenters. The fraction of sp³-hybridized carbons (Fsp3) is 0.353. The molecule has 8 heteroatoms. The monoisotopic (exact) mass is 360 g/mol. The van der Waals surface area contributed by atoms with E-state index in [0.717, 1.165) is 0 Å². The minimum absolute atomic E-state index is 0.0896. The van der Waals surface area contributed by atoms with Crippen LogP contribution in [0.15, 0.2) is 36.4 Å². The number of aryl methyl sites for hydroxylation is 1. The third-order valence-corrected chi connectivity index (χ3v) is 5.93. The van der Waals surface area contributed by atoms with Gasteiger partial charge in [0.25, 0.3) is 5.91 Å². The van der Waals surface area contributed by atoms with Gasteiger partial charge in [0.1, 0.15) is 5.69 Å². The van der Waals surface area contributed by atoms with Gasteiger partial charge in [-0.15, -0.1) is 0 Å². The van der Waals surface area contributed by atoms with Crippen molar-refractivity contribution in [2.24, 2.45) is 0 Å². The molecular formula is C17H20N4O3S. The van der Waals surface area contributed by atoms with E-state index < -0.39 is 9.84 Å². The van der Waals surface area contributed by atoms with Gasteiger partial charge in [-0.05, 0) is 31.5 Å². The molecular weight excluding hydrogens is 340 g/mol. The maximum Gasteiger partial charge on any atom is 0.274 e. The highest BCUT2D eigenvalue weighted by Gasteiger charge is 2.32. The van der Waals surface area contributed by atoms with Crippen LogP contribution in [0.1, 0.15) is 22.6 Å². The number of nitrogens with zero attached hydrogens (tertiary/aromatic N) is 3. The summed E-state index contributed by atoms with van der Waals surface area (Å²) in [7, 11) is -1.24. The highest BCUT2D eigenvalue weighted by Crippen LogP contribution is 2.21. The number of hydrogen-bond donors (Lipinski definition) is 1. The Bertz CT molecular complexity index is 884. The number of hydrogen-bond acceptors (Lipinski definition) is 6. The second-order valence-electron chi connectivity index (χ2n) is 6.18. The molecule has 0 spiro atoms. The van der Waals surface area contributed by atoms with E-state index in [0.29, 0.717) is 23.8 Å². The molecule has 2 aromatic rings. The van der Waals surface area contributed by atoms with E-state index >= 15 is 0 Å². The van der Waals surface area contributed by atoms with Gasteiger partial charge in [-0.2, -0.15) is 0 Å². The first-order chi connectivity index (χ1) is 11.8. The summed E-state index contributed by atoms with van der Waals surface area (Å²) in [6.07, 6.45) is 0.543. The smallest absolute Gasteiger partial charge is 0.274 e. The molecule has 1 N–H and O–H groups in total. The highest BCUT2D eigenvalue weighted by atomic mass is 32.2. The number of para-hydroxylation sites is 1. The second kappa shape index (κ2) is 6.79. The molecule has 1 aromatic heterocycles.